The number of hydrogen-bond donors (Lipinski definition) is 1. The molecule has 0 aromatic heterocycles. The molecule has 0 spiro atoms. The quantitative estimate of drug-likeness (QED) is 0.893. The molecule has 1 heterocycles. The number of nitrogens with one attached hydrogen (secondary N) is 1. The Morgan fingerprint density at radius 2 is 2.25 bits per heavy atom. The standard InChI is InChI=1S/C17H26N2O/c1-19(11-13-5-3-7-15(9-13)20-2)12-17-16-8-4-6-14(16)10-18-17/h3,5,7,9,14,16-18H,4,6,8,10-12H2,1-2H3. The van der Waals surface area contributed by atoms with E-state index in [-0.39, 0.29) is 0 Å². The molecular formula is C17H26N2O. The van der Waals surface area contributed by atoms with Crippen LogP contribution in [0.15, 0.2) is 24.3 Å². The number of fused-ring (bicyclic) bond motifs is 1. The van der Waals surface area contributed by atoms with Gasteiger partial charge < -0.3 is 15.0 Å². The highest BCUT2D eigenvalue weighted by Gasteiger charge is 2.38. The largest absolute Gasteiger partial charge is 0.497 e. The summed E-state index contributed by atoms with van der Waals surface area (Å²) in [6.07, 6.45) is 4.30. The van der Waals surface area contributed by atoms with Crippen molar-refractivity contribution in [1.29, 1.82) is 0 Å². The molecule has 1 aliphatic heterocycles. The second-order valence-electron chi connectivity index (χ2n) is 6.42. The predicted octanol–water partition coefficient (Wildman–Crippen LogP) is 2.52. The SMILES string of the molecule is COc1cccc(CN(C)CC2NCC3CCCC32)c1. The summed E-state index contributed by atoms with van der Waals surface area (Å²) in [6, 6.07) is 9.09. The molecule has 1 aromatic carbocycles. The highest BCUT2D eigenvalue weighted by Crippen LogP contribution is 2.37. The molecule has 3 heteroatoms. The zero-order valence-electron chi connectivity index (χ0n) is 12.6. The molecule has 3 rings (SSSR count). The van der Waals surface area contributed by atoms with Crippen LogP contribution in [0.5, 0.6) is 5.75 Å². The molecule has 1 aromatic rings. The monoisotopic (exact) mass is 274 g/mol. The van der Waals surface area contributed by atoms with Gasteiger partial charge in [-0.15, -0.1) is 0 Å². The van der Waals surface area contributed by atoms with Crippen LogP contribution in [0.4, 0.5) is 0 Å². The van der Waals surface area contributed by atoms with Crippen molar-refractivity contribution >= 4 is 0 Å². The first-order valence-electron chi connectivity index (χ1n) is 7.81. The zero-order chi connectivity index (χ0) is 13.9. The number of methoxy groups -OCH3 is 1. The van der Waals surface area contributed by atoms with Crippen LogP contribution in [0.2, 0.25) is 0 Å². The molecule has 1 aliphatic carbocycles. The van der Waals surface area contributed by atoms with E-state index in [1.54, 1.807) is 7.11 Å². The van der Waals surface area contributed by atoms with Crippen molar-refractivity contribution in [2.24, 2.45) is 11.8 Å². The maximum atomic E-state index is 5.30. The van der Waals surface area contributed by atoms with E-state index < -0.39 is 0 Å². The van der Waals surface area contributed by atoms with Crippen molar-refractivity contribution in [1.82, 2.24) is 10.2 Å². The minimum atomic E-state index is 0.693. The van der Waals surface area contributed by atoms with Gasteiger partial charge in [0.25, 0.3) is 0 Å². The Balaban J connectivity index is 1.55. The van der Waals surface area contributed by atoms with Crippen LogP contribution in [0.3, 0.4) is 0 Å². The number of likely N-dealkylation sites (N-methyl/N-ethyl adjacent to an activating group) is 1. The van der Waals surface area contributed by atoms with Gasteiger partial charge in [0.05, 0.1) is 7.11 Å². The fourth-order valence-corrected chi connectivity index (χ4v) is 3.99. The molecule has 2 fully saturated rings. The van der Waals surface area contributed by atoms with Crippen LogP contribution < -0.4 is 10.1 Å². The Morgan fingerprint density at radius 3 is 3.10 bits per heavy atom. The number of hydrogen-bond acceptors (Lipinski definition) is 3. The van der Waals surface area contributed by atoms with Gasteiger partial charge in [0.2, 0.25) is 0 Å². The Morgan fingerprint density at radius 1 is 1.35 bits per heavy atom. The van der Waals surface area contributed by atoms with Crippen LogP contribution in [0.1, 0.15) is 24.8 Å². The van der Waals surface area contributed by atoms with Crippen molar-refractivity contribution in [3.63, 3.8) is 0 Å². The first-order chi connectivity index (χ1) is 9.76. The van der Waals surface area contributed by atoms with E-state index in [4.69, 9.17) is 4.74 Å². The molecule has 110 valence electrons. The molecule has 0 amide bonds. The average molecular weight is 274 g/mol. The maximum Gasteiger partial charge on any atom is 0.119 e. The molecule has 0 bridgehead atoms. The lowest BCUT2D eigenvalue weighted by molar-refractivity contribution is 0.259. The lowest BCUT2D eigenvalue weighted by atomic mass is 9.94. The van der Waals surface area contributed by atoms with E-state index >= 15 is 0 Å². The fraction of sp³-hybridized carbons (Fsp3) is 0.647. The smallest absolute Gasteiger partial charge is 0.119 e. The Kier molecular flexibility index (Phi) is 4.27. The van der Waals surface area contributed by atoms with Crippen LogP contribution in [-0.4, -0.2) is 38.2 Å². The van der Waals surface area contributed by atoms with Crippen LogP contribution in [0.25, 0.3) is 0 Å². The Bertz CT molecular complexity index is 448. The molecule has 1 N–H and O–H groups in total. The van der Waals surface area contributed by atoms with Gasteiger partial charge in [-0.25, -0.2) is 0 Å². The highest BCUT2D eigenvalue weighted by atomic mass is 16.5. The van der Waals surface area contributed by atoms with Gasteiger partial charge >= 0.3 is 0 Å². The predicted molar refractivity (Wildman–Crippen MR) is 81.9 cm³/mol. The van der Waals surface area contributed by atoms with Gasteiger partial charge in [-0.05, 0) is 56.0 Å². The van der Waals surface area contributed by atoms with Gasteiger partial charge in [-0.1, -0.05) is 18.6 Å². The van der Waals surface area contributed by atoms with Crippen molar-refractivity contribution in [3.8, 4) is 5.75 Å². The molecule has 3 atom stereocenters. The summed E-state index contributed by atoms with van der Waals surface area (Å²) >= 11 is 0. The molecule has 20 heavy (non-hydrogen) atoms. The van der Waals surface area contributed by atoms with Crippen molar-refractivity contribution in [2.45, 2.75) is 31.8 Å². The van der Waals surface area contributed by atoms with Gasteiger partial charge in [0.15, 0.2) is 0 Å². The van der Waals surface area contributed by atoms with E-state index in [9.17, 15) is 0 Å². The minimum Gasteiger partial charge on any atom is -0.497 e. The van der Waals surface area contributed by atoms with Crippen LogP contribution in [0, 0.1) is 11.8 Å². The Labute approximate surface area is 122 Å². The molecule has 3 unspecified atom stereocenters. The van der Waals surface area contributed by atoms with Crippen molar-refractivity contribution in [2.75, 3.05) is 27.2 Å². The summed E-state index contributed by atoms with van der Waals surface area (Å²) in [5.74, 6) is 2.82. The van der Waals surface area contributed by atoms with E-state index in [1.165, 1.54) is 31.4 Å². The van der Waals surface area contributed by atoms with Gasteiger partial charge in [-0.3, -0.25) is 0 Å². The summed E-state index contributed by atoms with van der Waals surface area (Å²) in [5, 5.41) is 3.73. The summed E-state index contributed by atoms with van der Waals surface area (Å²) in [4.78, 5) is 2.44. The lowest BCUT2D eigenvalue weighted by Crippen LogP contribution is -2.38. The first kappa shape index (κ1) is 13.9. The third kappa shape index (κ3) is 2.99. The fourth-order valence-electron chi connectivity index (χ4n) is 3.99. The molecule has 3 nitrogen and oxygen atoms in total. The van der Waals surface area contributed by atoms with E-state index in [2.05, 4.69) is 35.5 Å². The first-order valence-corrected chi connectivity index (χ1v) is 7.81. The van der Waals surface area contributed by atoms with E-state index in [0.29, 0.717) is 6.04 Å². The summed E-state index contributed by atoms with van der Waals surface area (Å²) in [7, 11) is 3.95. The minimum absolute atomic E-state index is 0.693. The molecule has 1 saturated carbocycles. The van der Waals surface area contributed by atoms with E-state index in [0.717, 1.165) is 30.7 Å². The number of ether oxygens (including phenoxy) is 1. The maximum absolute atomic E-state index is 5.30. The molecule has 2 aliphatic rings. The van der Waals surface area contributed by atoms with Gasteiger partial charge in [0.1, 0.15) is 5.75 Å². The zero-order valence-corrected chi connectivity index (χ0v) is 12.6. The Hall–Kier alpha value is -1.06. The third-order valence-electron chi connectivity index (χ3n) is 4.97. The van der Waals surface area contributed by atoms with Crippen molar-refractivity contribution < 1.29 is 4.74 Å². The summed E-state index contributed by atoms with van der Waals surface area (Å²) in [6.45, 7) is 3.38. The normalized spacial score (nSPS) is 28.9. The lowest BCUT2D eigenvalue weighted by Gasteiger charge is -2.25. The molecular weight excluding hydrogens is 248 g/mol. The number of benzene rings is 1. The van der Waals surface area contributed by atoms with Gasteiger partial charge in [-0.2, -0.15) is 0 Å². The second kappa shape index (κ2) is 6.15. The van der Waals surface area contributed by atoms with Crippen LogP contribution in [-0.2, 0) is 6.54 Å². The third-order valence-corrected chi connectivity index (χ3v) is 4.97. The number of nitrogens with zero attached hydrogens (tertiary/aromatic N) is 1. The summed E-state index contributed by atoms with van der Waals surface area (Å²) in [5.41, 5.74) is 1.33. The van der Waals surface area contributed by atoms with Gasteiger partial charge in [0, 0.05) is 19.1 Å². The van der Waals surface area contributed by atoms with E-state index in [1.807, 2.05) is 6.07 Å². The molecule has 0 radical (unpaired) electrons. The topological polar surface area (TPSA) is 24.5 Å². The second-order valence-corrected chi connectivity index (χ2v) is 6.42. The van der Waals surface area contributed by atoms with Crippen LogP contribution >= 0.6 is 0 Å². The number of rotatable bonds is 5. The van der Waals surface area contributed by atoms with Crippen molar-refractivity contribution in [3.05, 3.63) is 29.8 Å². The average Bonchev–Trinajstić information content (AvgIpc) is 3.04. The highest BCUT2D eigenvalue weighted by molar-refractivity contribution is 5.28. The molecule has 1 saturated heterocycles. The summed E-state index contributed by atoms with van der Waals surface area (Å²) < 4.78 is 5.30.